The van der Waals surface area contributed by atoms with Crippen LogP contribution in [-0.2, 0) is 10.2 Å². The van der Waals surface area contributed by atoms with E-state index in [9.17, 15) is 13.6 Å². The van der Waals surface area contributed by atoms with Crippen molar-refractivity contribution in [2.24, 2.45) is 5.92 Å². The summed E-state index contributed by atoms with van der Waals surface area (Å²) in [6.07, 6.45) is 1.62. The van der Waals surface area contributed by atoms with Crippen molar-refractivity contribution in [3.05, 3.63) is 11.7 Å². The molecule has 0 aromatic carbocycles. The normalized spacial score (nSPS) is 22.7. The van der Waals surface area contributed by atoms with Crippen molar-refractivity contribution < 1.29 is 22.8 Å². The van der Waals surface area contributed by atoms with Crippen LogP contribution in [0.5, 0.6) is 0 Å². The second-order valence-corrected chi connectivity index (χ2v) is 9.87. The lowest BCUT2D eigenvalue weighted by molar-refractivity contribution is -0.0389. The van der Waals surface area contributed by atoms with Gasteiger partial charge < -0.3 is 14.2 Å². The van der Waals surface area contributed by atoms with Gasteiger partial charge in [0.2, 0.25) is 11.8 Å². The van der Waals surface area contributed by atoms with Crippen LogP contribution in [0.4, 0.5) is 13.6 Å². The molecule has 1 saturated carbocycles. The number of piperidine rings is 1. The maximum Gasteiger partial charge on any atom is 0.410 e. The second-order valence-electron chi connectivity index (χ2n) is 9.87. The molecular weight excluding hydrogens is 380 g/mol. The molecule has 1 aromatic heterocycles. The first-order valence-corrected chi connectivity index (χ1v) is 10.6. The third-order valence-electron chi connectivity index (χ3n) is 6.36. The Bertz CT molecular complexity index is 709. The number of carbonyl (C=O) groups excluding carboxylic acids is 1. The molecule has 1 saturated heterocycles. The molecule has 3 rings (SSSR count). The van der Waals surface area contributed by atoms with Gasteiger partial charge in [0.1, 0.15) is 5.60 Å². The fourth-order valence-electron chi connectivity index (χ4n) is 4.35. The van der Waals surface area contributed by atoms with Crippen LogP contribution < -0.4 is 0 Å². The third kappa shape index (κ3) is 4.89. The van der Waals surface area contributed by atoms with Crippen molar-refractivity contribution in [2.45, 2.75) is 96.0 Å². The molecule has 1 aliphatic heterocycles. The summed E-state index contributed by atoms with van der Waals surface area (Å²) in [4.78, 5) is 18.8. The number of likely N-dealkylation sites (tertiary alicyclic amines) is 1. The Balaban J connectivity index is 1.70. The SMILES string of the molecule is CC(C)C1(c2nc(C3CCC(F)(F)CC3)no2)CCN(C(=O)OC(C)(C)C)CC1. The number of alkyl halides is 2. The molecule has 0 unspecified atom stereocenters. The molecule has 8 heteroatoms. The third-order valence-corrected chi connectivity index (χ3v) is 6.36. The highest BCUT2D eigenvalue weighted by Crippen LogP contribution is 2.44. The topological polar surface area (TPSA) is 68.5 Å². The van der Waals surface area contributed by atoms with E-state index in [1.807, 2.05) is 20.8 Å². The lowest BCUT2D eigenvalue weighted by atomic mass is 9.70. The van der Waals surface area contributed by atoms with Crippen molar-refractivity contribution in [1.29, 1.82) is 0 Å². The number of amides is 1. The van der Waals surface area contributed by atoms with Crippen LogP contribution in [0, 0.1) is 5.92 Å². The Morgan fingerprint density at radius 2 is 1.76 bits per heavy atom. The zero-order valence-corrected chi connectivity index (χ0v) is 18.1. The Morgan fingerprint density at radius 3 is 2.28 bits per heavy atom. The van der Waals surface area contributed by atoms with E-state index < -0.39 is 11.5 Å². The highest BCUT2D eigenvalue weighted by molar-refractivity contribution is 5.68. The number of rotatable bonds is 3. The van der Waals surface area contributed by atoms with Crippen molar-refractivity contribution in [1.82, 2.24) is 15.0 Å². The van der Waals surface area contributed by atoms with Crippen LogP contribution in [0.2, 0.25) is 0 Å². The Kier molecular flexibility index (Phi) is 5.94. The Morgan fingerprint density at radius 1 is 1.17 bits per heavy atom. The van der Waals surface area contributed by atoms with E-state index in [1.165, 1.54) is 0 Å². The summed E-state index contributed by atoms with van der Waals surface area (Å²) in [6.45, 7) is 10.9. The van der Waals surface area contributed by atoms with Crippen LogP contribution in [0.15, 0.2) is 4.52 Å². The van der Waals surface area contributed by atoms with Gasteiger partial charge in [0.25, 0.3) is 0 Å². The zero-order valence-electron chi connectivity index (χ0n) is 18.1. The fraction of sp³-hybridized carbons (Fsp3) is 0.857. The number of nitrogens with zero attached hydrogens (tertiary/aromatic N) is 3. The van der Waals surface area contributed by atoms with Crippen LogP contribution in [0.25, 0.3) is 0 Å². The summed E-state index contributed by atoms with van der Waals surface area (Å²) < 4.78 is 38.1. The summed E-state index contributed by atoms with van der Waals surface area (Å²) in [7, 11) is 0. The molecule has 0 spiro atoms. The summed E-state index contributed by atoms with van der Waals surface area (Å²) >= 11 is 0. The summed E-state index contributed by atoms with van der Waals surface area (Å²) in [5.74, 6) is -1.28. The quantitative estimate of drug-likeness (QED) is 0.674. The second kappa shape index (κ2) is 7.84. The van der Waals surface area contributed by atoms with Crippen LogP contribution >= 0.6 is 0 Å². The van der Waals surface area contributed by atoms with Gasteiger partial charge in [0.15, 0.2) is 5.82 Å². The maximum atomic E-state index is 13.5. The number of hydrogen-bond donors (Lipinski definition) is 0. The van der Waals surface area contributed by atoms with Gasteiger partial charge in [-0.2, -0.15) is 4.98 Å². The molecule has 29 heavy (non-hydrogen) atoms. The van der Waals surface area contributed by atoms with Crippen LogP contribution in [0.3, 0.4) is 0 Å². The average molecular weight is 414 g/mol. The molecular formula is C21H33F2N3O3. The molecule has 0 atom stereocenters. The van der Waals surface area contributed by atoms with Crippen LogP contribution in [-0.4, -0.2) is 45.7 Å². The van der Waals surface area contributed by atoms with Gasteiger partial charge in [0, 0.05) is 31.8 Å². The number of carbonyl (C=O) groups is 1. The molecule has 0 N–H and O–H groups in total. The Labute approximate surface area is 171 Å². The molecule has 164 valence electrons. The lowest BCUT2D eigenvalue weighted by Gasteiger charge is -2.42. The first kappa shape index (κ1) is 22.0. The molecule has 2 aliphatic rings. The van der Waals surface area contributed by atoms with Gasteiger partial charge >= 0.3 is 6.09 Å². The van der Waals surface area contributed by atoms with Gasteiger partial charge in [-0.25, -0.2) is 13.6 Å². The number of ether oxygens (including phenoxy) is 1. The molecule has 2 heterocycles. The Hall–Kier alpha value is -1.73. The minimum absolute atomic E-state index is 0.0711. The van der Waals surface area contributed by atoms with Gasteiger partial charge in [-0.3, -0.25) is 0 Å². The molecule has 1 aliphatic carbocycles. The molecule has 6 nitrogen and oxygen atoms in total. The lowest BCUT2D eigenvalue weighted by Crippen LogP contribution is -2.49. The van der Waals surface area contributed by atoms with E-state index in [-0.39, 0.29) is 36.2 Å². The van der Waals surface area contributed by atoms with Gasteiger partial charge in [0.05, 0.1) is 5.41 Å². The van der Waals surface area contributed by atoms with Gasteiger partial charge in [-0.15, -0.1) is 0 Å². The van der Waals surface area contributed by atoms with Crippen molar-refractivity contribution in [2.75, 3.05) is 13.1 Å². The van der Waals surface area contributed by atoms with Gasteiger partial charge in [-0.05, 0) is 52.4 Å². The smallest absolute Gasteiger partial charge is 0.410 e. The van der Waals surface area contributed by atoms with E-state index in [2.05, 4.69) is 24.0 Å². The predicted octanol–water partition coefficient (Wildman–Crippen LogP) is 5.29. The molecule has 0 radical (unpaired) electrons. The summed E-state index contributed by atoms with van der Waals surface area (Å²) in [5, 5.41) is 4.16. The average Bonchev–Trinajstić information content (AvgIpc) is 3.10. The highest BCUT2D eigenvalue weighted by Gasteiger charge is 2.46. The zero-order chi connectivity index (χ0) is 21.4. The van der Waals surface area contributed by atoms with E-state index in [0.717, 1.165) is 0 Å². The van der Waals surface area contributed by atoms with E-state index in [1.54, 1.807) is 4.90 Å². The molecule has 2 fully saturated rings. The first-order valence-electron chi connectivity index (χ1n) is 10.6. The minimum atomic E-state index is -2.57. The molecule has 1 aromatic rings. The van der Waals surface area contributed by atoms with Crippen molar-refractivity contribution >= 4 is 6.09 Å². The van der Waals surface area contributed by atoms with E-state index in [4.69, 9.17) is 9.26 Å². The van der Waals surface area contributed by atoms with Crippen molar-refractivity contribution in [3.63, 3.8) is 0 Å². The molecule has 0 bridgehead atoms. The van der Waals surface area contributed by atoms with Crippen molar-refractivity contribution in [3.8, 4) is 0 Å². The van der Waals surface area contributed by atoms with Crippen LogP contribution in [0.1, 0.15) is 90.8 Å². The number of halogens is 2. The van der Waals surface area contributed by atoms with Gasteiger partial charge in [-0.1, -0.05) is 19.0 Å². The standard InChI is InChI=1S/C21H33F2N3O3/c1-14(2)20(10-12-26(13-11-20)18(27)28-19(3,4)5)17-24-16(25-29-17)15-6-8-21(22,23)9-7-15/h14-15H,6-13H2,1-5H3. The number of hydrogen-bond acceptors (Lipinski definition) is 5. The maximum absolute atomic E-state index is 13.5. The summed E-state index contributed by atoms with van der Waals surface area (Å²) in [6, 6.07) is 0. The fourth-order valence-corrected chi connectivity index (χ4v) is 4.35. The monoisotopic (exact) mass is 413 g/mol. The largest absolute Gasteiger partial charge is 0.444 e. The van der Waals surface area contributed by atoms with E-state index >= 15 is 0 Å². The number of aromatic nitrogens is 2. The minimum Gasteiger partial charge on any atom is -0.444 e. The van der Waals surface area contributed by atoms with E-state index in [0.29, 0.717) is 50.5 Å². The highest BCUT2D eigenvalue weighted by atomic mass is 19.3. The first-order chi connectivity index (χ1) is 13.4. The molecule has 1 amide bonds. The summed E-state index contributed by atoms with van der Waals surface area (Å²) in [5.41, 5.74) is -0.843. The predicted molar refractivity (Wildman–Crippen MR) is 104 cm³/mol.